The van der Waals surface area contributed by atoms with E-state index in [2.05, 4.69) is 10.0 Å². The van der Waals surface area contributed by atoms with Crippen molar-refractivity contribution in [3.63, 3.8) is 0 Å². The van der Waals surface area contributed by atoms with Gasteiger partial charge in [-0.05, 0) is 50.3 Å². The summed E-state index contributed by atoms with van der Waals surface area (Å²) in [5.41, 5.74) is 1.10. The fourth-order valence-corrected chi connectivity index (χ4v) is 4.56. The number of benzene rings is 1. The van der Waals surface area contributed by atoms with Crippen molar-refractivity contribution in [3.8, 4) is 0 Å². The number of carbonyl (C=O) groups is 2. The summed E-state index contributed by atoms with van der Waals surface area (Å²) < 4.78 is 26.9. The number of carboxylic acids is 1. The Morgan fingerprint density at radius 1 is 1.27 bits per heavy atom. The van der Waals surface area contributed by atoms with Crippen LogP contribution < -0.4 is 10.0 Å². The fourth-order valence-electron chi connectivity index (χ4n) is 3.08. The number of hydrogen-bond donors (Lipinski definition) is 3. The molecule has 0 aromatic heterocycles. The third-order valence-corrected chi connectivity index (χ3v) is 6.17. The van der Waals surface area contributed by atoms with Crippen LogP contribution in [-0.4, -0.2) is 31.4 Å². The van der Waals surface area contributed by atoms with Crippen LogP contribution in [0.25, 0.3) is 0 Å². The molecule has 1 aliphatic rings. The third-order valence-electron chi connectivity index (χ3n) is 4.70. The summed E-state index contributed by atoms with van der Waals surface area (Å²) in [6.45, 7) is 3.71. The van der Waals surface area contributed by atoms with Crippen LogP contribution in [0.5, 0.6) is 0 Å². The highest BCUT2D eigenvalue weighted by atomic mass is 32.2. The molecule has 1 saturated carbocycles. The molecule has 0 bridgehead atoms. The van der Waals surface area contributed by atoms with Crippen LogP contribution in [0, 0.1) is 11.8 Å². The normalized spacial score (nSPS) is 21.3. The van der Waals surface area contributed by atoms with Crippen LogP contribution in [0.2, 0.25) is 0 Å². The lowest BCUT2D eigenvalue weighted by Gasteiger charge is -2.14. The van der Waals surface area contributed by atoms with Gasteiger partial charge in [-0.2, -0.15) is 0 Å². The molecule has 26 heavy (non-hydrogen) atoms. The van der Waals surface area contributed by atoms with E-state index in [0.29, 0.717) is 36.9 Å². The SMILES string of the molecule is CCC(C)NS(=O)(=O)Cc1cccc(NC(=O)[C@@H]2CC[C@H](C(=O)O)C2)c1. The van der Waals surface area contributed by atoms with Gasteiger partial charge in [0.1, 0.15) is 0 Å². The number of carboxylic acid groups (broad SMARTS) is 1. The maximum Gasteiger partial charge on any atom is 0.306 e. The van der Waals surface area contributed by atoms with Gasteiger partial charge in [0.15, 0.2) is 0 Å². The molecule has 0 radical (unpaired) electrons. The fraction of sp³-hybridized carbons (Fsp3) is 0.556. The maximum absolute atomic E-state index is 12.3. The van der Waals surface area contributed by atoms with E-state index >= 15 is 0 Å². The number of aliphatic carboxylic acids is 1. The standard InChI is InChI=1S/C18H26N2O5S/c1-3-12(2)20-26(24,25)11-13-5-4-6-16(9-13)19-17(21)14-7-8-15(10-14)18(22)23/h4-6,9,12,14-15,20H,3,7-8,10-11H2,1-2H3,(H,19,21)(H,22,23)/t12?,14-,15+/m1/s1. The second-order valence-corrected chi connectivity index (χ2v) is 8.67. The molecule has 0 spiro atoms. The van der Waals surface area contributed by atoms with Crippen molar-refractivity contribution in [1.82, 2.24) is 4.72 Å². The van der Waals surface area contributed by atoms with E-state index in [1.807, 2.05) is 6.92 Å². The van der Waals surface area contributed by atoms with Crippen LogP contribution >= 0.6 is 0 Å². The van der Waals surface area contributed by atoms with Gasteiger partial charge in [0, 0.05) is 17.6 Å². The molecule has 1 unspecified atom stereocenters. The minimum Gasteiger partial charge on any atom is -0.481 e. The summed E-state index contributed by atoms with van der Waals surface area (Å²) in [5.74, 6) is -2.02. The van der Waals surface area contributed by atoms with Gasteiger partial charge in [-0.25, -0.2) is 13.1 Å². The predicted molar refractivity (Wildman–Crippen MR) is 99.1 cm³/mol. The Bertz CT molecular complexity index is 763. The number of amides is 1. The molecule has 1 aliphatic carbocycles. The average Bonchev–Trinajstić information content (AvgIpc) is 3.04. The number of sulfonamides is 1. The quantitative estimate of drug-likeness (QED) is 0.639. The molecule has 0 heterocycles. The van der Waals surface area contributed by atoms with Crippen LogP contribution in [0.15, 0.2) is 24.3 Å². The molecule has 144 valence electrons. The van der Waals surface area contributed by atoms with E-state index in [4.69, 9.17) is 5.11 Å². The number of carbonyl (C=O) groups excluding carboxylic acids is 1. The van der Waals surface area contributed by atoms with Gasteiger partial charge in [0.05, 0.1) is 11.7 Å². The highest BCUT2D eigenvalue weighted by Gasteiger charge is 2.33. The van der Waals surface area contributed by atoms with Gasteiger partial charge in [-0.3, -0.25) is 9.59 Å². The first kappa shape index (κ1) is 20.4. The first-order chi connectivity index (χ1) is 12.2. The van der Waals surface area contributed by atoms with Gasteiger partial charge in [0.25, 0.3) is 0 Å². The van der Waals surface area contributed by atoms with E-state index in [0.717, 1.165) is 0 Å². The van der Waals surface area contributed by atoms with Gasteiger partial charge in [0.2, 0.25) is 15.9 Å². The van der Waals surface area contributed by atoms with E-state index in [1.165, 1.54) is 0 Å². The number of nitrogens with one attached hydrogen (secondary N) is 2. The van der Waals surface area contributed by atoms with Crippen LogP contribution in [0.3, 0.4) is 0 Å². The van der Waals surface area contributed by atoms with E-state index < -0.39 is 21.9 Å². The van der Waals surface area contributed by atoms with Crippen molar-refractivity contribution < 1.29 is 23.1 Å². The second kappa shape index (κ2) is 8.64. The molecule has 1 fully saturated rings. The molecule has 3 N–H and O–H groups in total. The molecule has 3 atom stereocenters. The zero-order chi connectivity index (χ0) is 19.3. The Labute approximate surface area is 154 Å². The van der Waals surface area contributed by atoms with Gasteiger partial charge in [-0.1, -0.05) is 19.1 Å². The first-order valence-corrected chi connectivity index (χ1v) is 10.5. The van der Waals surface area contributed by atoms with Gasteiger partial charge >= 0.3 is 5.97 Å². The lowest BCUT2D eigenvalue weighted by molar-refractivity contribution is -0.141. The van der Waals surface area contributed by atoms with Crippen molar-refractivity contribution in [2.45, 2.75) is 51.3 Å². The molecule has 1 aromatic carbocycles. The van der Waals surface area contributed by atoms with Gasteiger partial charge < -0.3 is 10.4 Å². The van der Waals surface area contributed by atoms with Crippen LogP contribution in [0.4, 0.5) is 5.69 Å². The van der Waals surface area contributed by atoms with Gasteiger partial charge in [-0.15, -0.1) is 0 Å². The number of hydrogen-bond acceptors (Lipinski definition) is 4. The average molecular weight is 382 g/mol. The molecule has 7 nitrogen and oxygen atoms in total. The largest absolute Gasteiger partial charge is 0.481 e. The Morgan fingerprint density at radius 3 is 2.58 bits per heavy atom. The smallest absolute Gasteiger partial charge is 0.306 e. The van der Waals surface area contributed by atoms with Crippen molar-refractivity contribution in [3.05, 3.63) is 29.8 Å². The van der Waals surface area contributed by atoms with Crippen LogP contribution in [-0.2, 0) is 25.4 Å². The highest BCUT2D eigenvalue weighted by molar-refractivity contribution is 7.88. The predicted octanol–water partition coefficient (Wildman–Crippen LogP) is 2.34. The molecular formula is C18H26N2O5S. The molecular weight excluding hydrogens is 356 g/mol. The lowest BCUT2D eigenvalue weighted by atomic mass is 10.0. The third kappa shape index (κ3) is 5.81. The Kier molecular flexibility index (Phi) is 6.77. The van der Waals surface area contributed by atoms with Crippen molar-refractivity contribution >= 4 is 27.6 Å². The van der Waals surface area contributed by atoms with Crippen molar-refractivity contribution in [2.75, 3.05) is 5.32 Å². The molecule has 0 aliphatic heterocycles. The monoisotopic (exact) mass is 382 g/mol. The number of anilines is 1. The maximum atomic E-state index is 12.3. The summed E-state index contributed by atoms with van der Waals surface area (Å²) in [7, 11) is -3.45. The summed E-state index contributed by atoms with van der Waals surface area (Å²) in [6.07, 6.45) is 2.10. The molecule has 1 amide bonds. The minimum atomic E-state index is -3.45. The molecule has 8 heteroatoms. The van der Waals surface area contributed by atoms with E-state index in [-0.39, 0.29) is 23.6 Å². The topological polar surface area (TPSA) is 113 Å². The van der Waals surface area contributed by atoms with Crippen LogP contribution in [0.1, 0.15) is 45.1 Å². The molecule has 1 aromatic rings. The zero-order valence-corrected chi connectivity index (χ0v) is 15.9. The Hall–Kier alpha value is -1.93. The van der Waals surface area contributed by atoms with E-state index in [9.17, 15) is 18.0 Å². The van der Waals surface area contributed by atoms with Crippen molar-refractivity contribution in [2.24, 2.45) is 11.8 Å². The Balaban J connectivity index is 1.99. The Morgan fingerprint density at radius 2 is 1.96 bits per heavy atom. The molecule has 2 rings (SSSR count). The minimum absolute atomic E-state index is 0.132. The zero-order valence-electron chi connectivity index (χ0n) is 15.1. The summed E-state index contributed by atoms with van der Waals surface area (Å²) in [5, 5.41) is 11.8. The summed E-state index contributed by atoms with van der Waals surface area (Å²) >= 11 is 0. The first-order valence-electron chi connectivity index (χ1n) is 8.82. The summed E-state index contributed by atoms with van der Waals surface area (Å²) in [6, 6.07) is 6.59. The van der Waals surface area contributed by atoms with Crippen molar-refractivity contribution in [1.29, 1.82) is 0 Å². The number of rotatable bonds is 8. The molecule has 0 saturated heterocycles. The highest BCUT2D eigenvalue weighted by Crippen LogP contribution is 2.32. The summed E-state index contributed by atoms with van der Waals surface area (Å²) in [4.78, 5) is 23.3. The lowest BCUT2D eigenvalue weighted by Crippen LogP contribution is -2.33. The van der Waals surface area contributed by atoms with E-state index in [1.54, 1.807) is 31.2 Å². The second-order valence-electron chi connectivity index (χ2n) is 6.92.